The van der Waals surface area contributed by atoms with Crippen molar-refractivity contribution in [1.29, 1.82) is 5.26 Å². The average molecular weight is 229 g/mol. The van der Waals surface area contributed by atoms with Crippen LogP contribution in [0.2, 0.25) is 0 Å². The molecule has 1 aromatic rings. The molecule has 2 rings (SSSR count). The minimum Gasteiger partial charge on any atom is -0.494 e. The lowest BCUT2D eigenvalue weighted by atomic mass is 9.70. The second kappa shape index (κ2) is 5.23. The summed E-state index contributed by atoms with van der Waals surface area (Å²) in [5.74, 6) is 0.889. The van der Waals surface area contributed by atoms with Gasteiger partial charge in [0.2, 0.25) is 0 Å². The average Bonchev–Trinajstić information content (AvgIpc) is 2.41. The van der Waals surface area contributed by atoms with Crippen LogP contribution in [0.3, 0.4) is 0 Å². The van der Waals surface area contributed by atoms with Gasteiger partial charge in [-0.15, -0.1) is 0 Å². The first-order valence-corrected chi connectivity index (χ1v) is 6.45. The Morgan fingerprint density at radius 1 is 1.18 bits per heavy atom. The van der Waals surface area contributed by atoms with E-state index in [1.807, 2.05) is 19.1 Å². The van der Waals surface area contributed by atoms with E-state index in [0.29, 0.717) is 6.61 Å². The molecule has 0 saturated heterocycles. The Morgan fingerprint density at radius 3 is 2.35 bits per heavy atom. The van der Waals surface area contributed by atoms with Gasteiger partial charge in [0.15, 0.2) is 0 Å². The fraction of sp³-hybridized carbons (Fsp3) is 0.533. The van der Waals surface area contributed by atoms with Crippen LogP contribution in [-0.2, 0) is 5.41 Å². The molecule has 0 aliphatic heterocycles. The van der Waals surface area contributed by atoms with E-state index in [1.165, 1.54) is 19.3 Å². The van der Waals surface area contributed by atoms with Crippen LogP contribution in [0.4, 0.5) is 0 Å². The molecule has 0 atom stereocenters. The number of ether oxygens (including phenoxy) is 1. The molecule has 0 radical (unpaired) electrons. The smallest absolute Gasteiger partial charge is 0.119 e. The van der Waals surface area contributed by atoms with E-state index in [1.54, 1.807) is 0 Å². The van der Waals surface area contributed by atoms with Gasteiger partial charge in [0, 0.05) is 0 Å². The van der Waals surface area contributed by atoms with Gasteiger partial charge in [0.05, 0.1) is 18.1 Å². The molecule has 1 aliphatic carbocycles. The number of hydrogen-bond donors (Lipinski definition) is 0. The fourth-order valence-electron chi connectivity index (χ4n) is 2.66. The normalized spacial score (nSPS) is 18.4. The SMILES string of the molecule is CCOc1ccc(C2(C#N)CCCCC2)cc1. The molecule has 90 valence electrons. The van der Waals surface area contributed by atoms with Gasteiger partial charge in [-0.3, -0.25) is 0 Å². The zero-order chi connectivity index (χ0) is 12.1. The summed E-state index contributed by atoms with van der Waals surface area (Å²) in [7, 11) is 0. The summed E-state index contributed by atoms with van der Waals surface area (Å²) >= 11 is 0. The summed E-state index contributed by atoms with van der Waals surface area (Å²) < 4.78 is 5.43. The number of hydrogen-bond acceptors (Lipinski definition) is 2. The third-order valence-electron chi connectivity index (χ3n) is 3.64. The minimum atomic E-state index is -0.247. The van der Waals surface area contributed by atoms with E-state index in [-0.39, 0.29) is 5.41 Å². The third-order valence-corrected chi connectivity index (χ3v) is 3.64. The predicted octanol–water partition coefficient (Wildman–Crippen LogP) is 3.81. The van der Waals surface area contributed by atoms with Gasteiger partial charge in [0.25, 0.3) is 0 Å². The standard InChI is InChI=1S/C15H19NO/c1-2-17-14-8-6-13(7-9-14)15(12-16)10-4-3-5-11-15/h6-9H,2-5,10-11H2,1H3. The van der Waals surface area contributed by atoms with Crippen LogP contribution in [0.25, 0.3) is 0 Å². The van der Waals surface area contributed by atoms with E-state index in [9.17, 15) is 5.26 Å². The minimum absolute atomic E-state index is 0.247. The quantitative estimate of drug-likeness (QED) is 0.789. The lowest BCUT2D eigenvalue weighted by Crippen LogP contribution is -2.26. The molecule has 2 heteroatoms. The van der Waals surface area contributed by atoms with Gasteiger partial charge in [-0.25, -0.2) is 0 Å². The molecular weight excluding hydrogens is 210 g/mol. The molecule has 0 N–H and O–H groups in total. The molecule has 1 fully saturated rings. The number of rotatable bonds is 3. The topological polar surface area (TPSA) is 33.0 Å². The van der Waals surface area contributed by atoms with Crippen molar-refractivity contribution in [2.45, 2.75) is 44.4 Å². The summed E-state index contributed by atoms with van der Waals surface area (Å²) in [6, 6.07) is 10.6. The highest BCUT2D eigenvalue weighted by Gasteiger charge is 2.33. The second-order valence-corrected chi connectivity index (χ2v) is 4.71. The Bertz CT molecular complexity index is 396. The van der Waals surface area contributed by atoms with Crippen LogP contribution in [0.1, 0.15) is 44.6 Å². The van der Waals surface area contributed by atoms with Gasteiger partial charge in [0.1, 0.15) is 5.75 Å². The maximum absolute atomic E-state index is 9.49. The lowest BCUT2D eigenvalue weighted by Gasteiger charge is -2.31. The molecule has 0 amide bonds. The van der Waals surface area contributed by atoms with Crippen molar-refractivity contribution < 1.29 is 4.74 Å². The second-order valence-electron chi connectivity index (χ2n) is 4.71. The molecule has 1 aliphatic rings. The molecule has 1 saturated carbocycles. The zero-order valence-electron chi connectivity index (χ0n) is 10.4. The summed E-state index contributed by atoms with van der Waals surface area (Å²) in [6.07, 6.45) is 5.59. The summed E-state index contributed by atoms with van der Waals surface area (Å²) in [5.41, 5.74) is 0.909. The lowest BCUT2D eigenvalue weighted by molar-refractivity contribution is 0.338. The van der Waals surface area contributed by atoms with Crippen LogP contribution in [0.15, 0.2) is 24.3 Å². The maximum atomic E-state index is 9.49. The molecule has 17 heavy (non-hydrogen) atoms. The molecule has 0 bridgehead atoms. The van der Waals surface area contributed by atoms with Gasteiger partial charge >= 0.3 is 0 Å². The van der Waals surface area contributed by atoms with Crippen LogP contribution < -0.4 is 4.74 Å². The maximum Gasteiger partial charge on any atom is 0.119 e. The Morgan fingerprint density at radius 2 is 1.82 bits per heavy atom. The summed E-state index contributed by atoms with van der Waals surface area (Å²) in [6.45, 7) is 2.66. The fourth-order valence-corrected chi connectivity index (χ4v) is 2.66. The van der Waals surface area contributed by atoms with Crippen molar-refractivity contribution in [3.63, 3.8) is 0 Å². The zero-order valence-corrected chi connectivity index (χ0v) is 10.4. The Balaban J connectivity index is 2.22. The van der Waals surface area contributed by atoms with Crippen molar-refractivity contribution in [1.82, 2.24) is 0 Å². The van der Waals surface area contributed by atoms with E-state index in [2.05, 4.69) is 18.2 Å². The largest absolute Gasteiger partial charge is 0.494 e. The summed E-state index contributed by atoms with van der Waals surface area (Å²) in [5, 5.41) is 9.49. The monoisotopic (exact) mass is 229 g/mol. The van der Waals surface area contributed by atoms with Gasteiger partial charge in [-0.1, -0.05) is 31.4 Å². The first-order valence-electron chi connectivity index (χ1n) is 6.45. The van der Waals surface area contributed by atoms with E-state index < -0.39 is 0 Å². The molecule has 1 aromatic carbocycles. The number of nitrogens with zero attached hydrogens (tertiary/aromatic N) is 1. The highest BCUT2D eigenvalue weighted by atomic mass is 16.5. The van der Waals surface area contributed by atoms with Crippen molar-refractivity contribution >= 4 is 0 Å². The molecule has 2 nitrogen and oxygen atoms in total. The third kappa shape index (κ3) is 2.44. The van der Waals surface area contributed by atoms with E-state index in [4.69, 9.17) is 4.74 Å². The first kappa shape index (κ1) is 12.0. The van der Waals surface area contributed by atoms with Crippen LogP contribution in [0, 0.1) is 11.3 Å². The van der Waals surface area contributed by atoms with Gasteiger partial charge in [-0.05, 0) is 37.5 Å². The van der Waals surface area contributed by atoms with Gasteiger partial charge in [-0.2, -0.15) is 5.26 Å². The first-order chi connectivity index (χ1) is 8.30. The molecule has 0 heterocycles. The summed E-state index contributed by atoms with van der Waals surface area (Å²) in [4.78, 5) is 0. The number of benzene rings is 1. The van der Waals surface area contributed by atoms with Crippen molar-refractivity contribution in [2.75, 3.05) is 6.61 Å². The highest BCUT2D eigenvalue weighted by Crippen LogP contribution is 2.39. The highest BCUT2D eigenvalue weighted by molar-refractivity contribution is 5.37. The van der Waals surface area contributed by atoms with E-state index in [0.717, 1.165) is 24.2 Å². The molecular formula is C15H19NO. The van der Waals surface area contributed by atoms with Crippen molar-refractivity contribution in [3.05, 3.63) is 29.8 Å². The number of nitriles is 1. The van der Waals surface area contributed by atoms with Crippen molar-refractivity contribution in [2.24, 2.45) is 0 Å². The van der Waals surface area contributed by atoms with Gasteiger partial charge < -0.3 is 4.74 Å². The predicted molar refractivity (Wildman–Crippen MR) is 68.0 cm³/mol. The molecule has 0 aromatic heterocycles. The van der Waals surface area contributed by atoms with E-state index >= 15 is 0 Å². The van der Waals surface area contributed by atoms with Crippen LogP contribution in [-0.4, -0.2) is 6.61 Å². The van der Waals surface area contributed by atoms with Crippen LogP contribution in [0.5, 0.6) is 5.75 Å². The Hall–Kier alpha value is -1.49. The Labute approximate surface area is 103 Å². The van der Waals surface area contributed by atoms with Crippen molar-refractivity contribution in [3.8, 4) is 11.8 Å². The van der Waals surface area contributed by atoms with Crippen LogP contribution >= 0.6 is 0 Å². The molecule has 0 spiro atoms. The molecule has 0 unspecified atom stereocenters. The Kier molecular flexibility index (Phi) is 3.68.